The van der Waals surface area contributed by atoms with Gasteiger partial charge in [-0.05, 0) is 25.8 Å². The van der Waals surface area contributed by atoms with Crippen LogP contribution in [0.15, 0.2) is 0 Å². The summed E-state index contributed by atoms with van der Waals surface area (Å²) in [4.78, 5) is 23.8. The Labute approximate surface area is 95.4 Å². The smallest absolute Gasteiger partial charge is 0.230 e. The molecule has 4 heteroatoms. The first-order chi connectivity index (χ1) is 7.77. The Balaban J connectivity index is 1.84. The van der Waals surface area contributed by atoms with Gasteiger partial charge in [-0.25, -0.2) is 0 Å². The van der Waals surface area contributed by atoms with E-state index in [2.05, 4.69) is 17.2 Å². The van der Waals surface area contributed by atoms with Gasteiger partial charge in [-0.1, -0.05) is 11.8 Å². The van der Waals surface area contributed by atoms with Crippen molar-refractivity contribution >= 4 is 11.8 Å². The molecule has 2 fully saturated rings. The lowest BCUT2D eigenvalue weighted by molar-refractivity contribution is -0.137. The van der Waals surface area contributed by atoms with Crippen molar-refractivity contribution in [1.29, 1.82) is 0 Å². The van der Waals surface area contributed by atoms with E-state index in [1.165, 1.54) is 17.7 Å². The molecule has 0 aromatic carbocycles. The summed E-state index contributed by atoms with van der Waals surface area (Å²) in [6, 6.07) is 0.238. The summed E-state index contributed by atoms with van der Waals surface area (Å²) in [7, 11) is 0. The first kappa shape index (κ1) is 11.2. The van der Waals surface area contributed by atoms with E-state index >= 15 is 0 Å². The number of hydrogen-bond donors (Lipinski definition) is 1. The fourth-order valence-electron chi connectivity index (χ4n) is 2.02. The number of rotatable bonds is 1. The molecular formula is C12H16N2O2. The zero-order chi connectivity index (χ0) is 11.4. The van der Waals surface area contributed by atoms with Gasteiger partial charge < -0.3 is 5.32 Å². The fraction of sp³-hybridized carbons (Fsp3) is 0.667. The molecule has 0 saturated carbocycles. The Bertz CT molecular complexity index is 332. The average Bonchev–Trinajstić information content (AvgIpc) is 2.62. The molecule has 16 heavy (non-hydrogen) atoms. The summed E-state index contributed by atoms with van der Waals surface area (Å²) in [5.41, 5.74) is 0. The van der Waals surface area contributed by atoms with Crippen molar-refractivity contribution in [3.63, 3.8) is 0 Å². The van der Waals surface area contributed by atoms with Crippen molar-refractivity contribution in [3.05, 3.63) is 0 Å². The van der Waals surface area contributed by atoms with Crippen molar-refractivity contribution in [2.24, 2.45) is 0 Å². The van der Waals surface area contributed by atoms with Gasteiger partial charge in [0.1, 0.15) is 0 Å². The Hall–Kier alpha value is -1.34. The van der Waals surface area contributed by atoms with Gasteiger partial charge in [0.05, 0.1) is 12.6 Å². The van der Waals surface area contributed by atoms with Gasteiger partial charge in [-0.2, -0.15) is 0 Å². The van der Waals surface area contributed by atoms with Crippen LogP contribution in [0.4, 0.5) is 0 Å². The monoisotopic (exact) mass is 220 g/mol. The third-order valence-corrected chi connectivity index (χ3v) is 2.98. The molecule has 1 N–H and O–H groups in total. The molecule has 4 nitrogen and oxygen atoms in total. The second kappa shape index (κ2) is 5.13. The van der Waals surface area contributed by atoms with E-state index in [1.54, 1.807) is 0 Å². The van der Waals surface area contributed by atoms with Crippen LogP contribution in [-0.2, 0) is 9.59 Å². The van der Waals surface area contributed by atoms with Crippen LogP contribution in [0.5, 0.6) is 0 Å². The van der Waals surface area contributed by atoms with E-state index < -0.39 is 0 Å². The molecule has 2 amide bonds. The van der Waals surface area contributed by atoms with E-state index in [1.807, 2.05) is 0 Å². The largest absolute Gasteiger partial charge is 0.304 e. The topological polar surface area (TPSA) is 49.4 Å². The fourth-order valence-corrected chi connectivity index (χ4v) is 2.02. The molecule has 2 aliphatic rings. The molecule has 0 radical (unpaired) electrons. The van der Waals surface area contributed by atoms with Gasteiger partial charge in [0, 0.05) is 12.8 Å². The Morgan fingerprint density at radius 3 is 2.62 bits per heavy atom. The summed E-state index contributed by atoms with van der Waals surface area (Å²) in [5, 5.41) is 3.30. The van der Waals surface area contributed by atoms with Gasteiger partial charge in [0.25, 0.3) is 0 Å². The highest BCUT2D eigenvalue weighted by Crippen LogP contribution is 2.10. The summed E-state index contributed by atoms with van der Waals surface area (Å²) in [6.45, 7) is 1.27. The highest BCUT2D eigenvalue weighted by Gasteiger charge is 2.27. The predicted molar refractivity (Wildman–Crippen MR) is 59.4 cm³/mol. The van der Waals surface area contributed by atoms with Crippen molar-refractivity contribution < 1.29 is 9.59 Å². The minimum Gasteiger partial charge on any atom is -0.304 e. The summed E-state index contributed by atoms with van der Waals surface area (Å²) in [6.07, 6.45) is 4.18. The van der Waals surface area contributed by atoms with Crippen LogP contribution < -0.4 is 5.32 Å². The lowest BCUT2D eigenvalue weighted by atomic mass is 10.1. The van der Waals surface area contributed by atoms with E-state index in [0.717, 1.165) is 13.0 Å². The number of likely N-dealkylation sites (tertiary alicyclic amines) is 1. The zero-order valence-corrected chi connectivity index (χ0v) is 9.29. The summed E-state index contributed by atoms with van der Waals surface area (Å²) in [5.74, 6) is 5.84. The van der Waals surface area contributed by atoms with Crippen LogP contribution in [0.3, 0.4) is 0 Å². The van der Waals surface area contributed by atoms with E-state index in [4.69, 9.17) is 0 Å². The van der Waals surface area contributed by atoms with Gasteiger partial charge in [-0.15, -0.1) is 0 Å². The number of carbonyl (C=O) groups is 2. The van der Waals surface area contributed by atoms with Gasteiger partial charge in [0.2, 0.25) is 11.8 Å². The van der Waals surface area contributed by atoms with Gasteiger partial charge in [0.15, 0.2) is 0 Å². The molecule has 2 aliphatic heterocycles. The molecule has 0 spiro atoms. The molecule has 0 aromatic heterocycles. The predicted octanol–water partition coefficient (Wildman–Crippen LogP) is 0.281. The number of nitrogens with zero attached hydrogens (tertiary/aromatic N) is 1. The molecule has 86 valence electrons. The molecule has 0 aromatic rings. The third kappa shape index (κ3) is 2.61. The molecule has 0 bridgehead atoms. The maximum Gasteiger partial charge on any atom is 0.230 e. The Kier molecular flexibility index (Phi) is 3.58. The van der Waals surface area contributed by atoms with Crippen LogP contribution in [0.2, 0.25) is 0 Å². The van der Waals surface area contributed by atoms with Crippen LogP contribution in [-0.4, -0.2) is 35.8 Å². The van der Waals surface area contributed by atoms with Crippen molar-refractivity contribution in [2.75, 3.05) is 13.1 Å². The molecule has 2 saturated heterocycles. The summed E-state index contributed by atoms with van der Waals surface area (Å²) < 4.78 is 0. The lowest BCUT2D eigenvalue weighted by Gasteiger charge is -2.18. The first-order valence-corrected chi connectivity index (χ1v) is 5.82. The SMILES string of the molecule is O=C1CCC(=O)N1CC#C[C@H]1CCCCN1. The van der Waals surface area contributed by atoms with E-state index in [0.29, 0.717) is 12.8 Å². The maximum absolute atomic E-state index is 11.3. The normalized spacial score (nSPS) is 25.5. The highest BCUT2D eigenvalue weighted by molar-refractivity contribution is 6.02. The van der Waals surface area contributed by atoms with Gasteiger partial charge in [-0.3, -0.25) is 14.5 Å². The molecule has 1 atom stereocenters. The van der Waals surface area contributed by atoms with E-state index in [-0.39, 0.29) is 24.4 Å². The standard InChI is InChI=1S/C12H16N2O2/c15-11-6-7-12(16)14(11)9-3-5-10-4-1-2-8-13-10/h10,13H,1-2,4,6-9H2/t10-/m1/s1. The third-order valence-electron chi connectivity index (χ3n) is 2.98. The zero-order valence-electron chi connectivity index (χ0n) is 9.29. The van der Waals surface area contributed by atoms with Crippen LogP contribution >= 0.6 is 0 Å². The van der Waals surface area contributed by atoms with Gasteiger partial charge >= 0.3 is 0 Å². The van der Waals surface area contributed by atoms with Crippen molar-refractivity contribution in [1.82, 2.24) is 10.2 Å². The minimum absolute atomic E-state index is 0.0871. The lowest BCUT2D eigenvalue weighted by Crippen LogP contribution is -2.33. The Morgan fingerprint density at radius 2 is 2.00 bits per heavy atom. The number of nitrogens with one attached hydrogen (secondary N) is 1. The molecule has 2 heterocycles. The minimum atomic E-state index is -0.0871. The quantitative estimate of drug-likeness (QED) is 0.510. The second-order valence-electron chi connectivity index (χ2n) is 4.20. The molecule has 0 unspecified atom stereocenters. The molecule has 0 aliphatic carbocycles. The Morgan fingerprint density at radius 1 is 1.25 bits per heavy atom. The number of amides is 2. The number of carbonyl (C=O) groups excluding carboxylic acids is 2. The highest BCUT2D eigenvalue weighted by atomic mass is 16.2. The average molecular weight is 220 g/mol. The number of hydrogen-bond acceptors (Lipinski definition) is 3. The summed E-state index contributed by atoms with van der Waals surface area (Å²) >= 11 is 0. The van der Waals surface area contributed by atoms with Crippen LogP contribution in [0.25, 0.3) is 0 Å². The van der Waals surface area contributed by atoms with Crippen molar-refractivity contribution in [3.8, 4) is 11.8 Å². The van der Waals surface area contributed by atoms with E-state index in [9.17, 15) is 9.59 Å². The molecular weight excluding hydrogens is 204 g/mol. The van der Waals surface area contributed by atoms with Crippen LogP contribution in [0.1, 0.15) is 32.1 Å². The van der Waals surface area contributed by atoms with Crippen molar-refractivity contribution in [2.45, 2.75) is 38.1 Å². The van der Waals surface area contributed by atoms with Crippen LogP contribution in [0, 0.1) is 11.8 Å². The maximum atomic E-state index is 11.3. The molecule has 2 rings (SSSR count). The first-order valence-electron chi connectivity index (χ1n) is 5.82. The number of piperidine rings is 1. The number of imide groups is 1. The second-order valence-corrected chi connectivity index (χ2v) is 4.20.